The van der Waals surface area contributed by atoms with E-state index in [0.717, 1.165) is 17.8 Å². The lowest BCUT2D eigenvalue weighted by Gasteiger charge is -2.01. The van der Waals surface area contributed by atoms with Crippen molar-refractivity contribution in [2.24, 2.45) is 0 Å². The highest BCUT2D eigenvalue weighted by atomic mass is 32.1. The largest absolute Gasteiger partial charge is 0.351 e. The number of hydrogen-bond acceptors (Lipinski definition) is 3. The first-order chi connectivity index (χ1) is 9.54. The Kier molecular flexibility index (Phi) is 4.44. The average molecular weight is 296 g/mol. The highest BCUT2D eigenvalue weighted by Crippen LogP contribution is 2.31. The number of benzene rings is 1. The van der Waals surface area contributed by atoms with Gasteiger partial charge in [0.15, 0.2) is 0 Å². The van der Waals surface area contributed by atoms with E-state index in [-0.39, 0.29) is 16.5 Å². The van der Waals surface area contributed by atoms with E-state index in [2.05, 4.69) is 10.3 Å². The van der Waals surface area contributed by atoms with Crippen molar-refractivity contribution in [2.75, 3.05) is 6.54 Å². The summed E-state index contributed by atoms with van der Waals surface area (Å²) in [5.74, 6) is -1.62. The molecule has 2 rings (SSSR count). The molecule has 0 aliphatic carbocycles. The number of nitrogens with one attached hydrogen (secondary N) is 1. The number of aromatic nitrogens is 1. The number of hydrogen-bond donors (Lipinski definition) is 1. The summed E-state index contributed by atoms with van der Waals surface area (Å²) in [5.41, 5.74) is 0.288. The smallest absolute Gasteiger partial charge is 0.263 e. The normalized spacial score (nSPS) is 10.6. The highest BCUT2D eigenvalue weighted by molar-refractivity contribution is 7.17. The summed E-state index contributed by atoms with van der Waals surface area (Å²) in [6, 6.07) is 3.64. The summed E-state index contributed by atoms with van der Waals surface area (Å²) in [5, 5.41) is 2.91. The van der Waals surface area contributed by atoms with Crippen LogP contribution in [0.25, 0.3) is 10.6 Å². The Balaban J connectivity index is 2.39. The molecular weight excluding hydrogens is 282 g/mol. The van der Waals surface area contributed by atoms with E-state index in [0.29, 0.717) is 17.1 Å². The van der Waals surface area contributed by atoms with Crippen molar-refractivity contribution in [1.82, 2.24) is 10.3 Å². The second-order valence-corrected chi connectivity index (χ2v) is 5.29. The van der Waals surface area contributed by atoms with Gasteiger partial charge in [0.25, 0.3) is 5.91 Å². The van der Waals surface area contributed by atoms with E-state index in [1.165, 1.54) is 18.2 Å². The molecule has 1 aromatic heterocycles. The van der Waals surface area contributed by atoms with Crippen molar-refractivity contribution in [2.45, 2.75) is 20.3 Å². The number of nitrogens with zero attached hydrogens (tertiary/aromatic N) is 1. The van der Waals surface area contributed by atoms with E-state index in [9.17, 15) is 13.6 Å². The lowest BCUT2D eigenvalue weighted by atomic mass is 10.2. The summed E-state index contributed by atoms with van der Waals surface area (Å²) >= 11 is 0.996. The Bertz CT molecular complexity index is 620. The van der Waals surface area contributed by atoms with Crippen LogP contribution in [-0.2, 0) is 0 Å². The Morgan fingerprint density at radius 1 is 1.35 bits per heavy atom. The lowest BCUT2D eigenvalue weighted by molar-refractivity contribution is 0.0957. The summed E-state index contributed by atoms with van der Waals surface area (Å²) < 4.78 is 27.4. The van der Waals surface area contributed by atoms with Gasteiger partial charge in [-0.2, -0.15) is 0 Å². The molecule has 3 nitrogen and oxygen atoms in total. The van der Waals surface area contributed by atoms with Crippen molar-refractivity contribution in [3.8, 4) is 10.6 Å². The monoisotopic (exact) mass is 296 g/mol. The molecule has 2 aromatic rings. The van der Waals surface area contributed by atoms with Crippen LogP contribution < -0.4 is 5.32 Å². The number of halogens is 2. The third kappa shape index (κ3) is 2.85. The first-order valence-electron chi connectivity index (χ1n) is 6.24. The fraction of sp³-hybridized carbons (Fsp3) is 0.286. The molecule has 0 radical (unpaired) electrons. The van der Waals surface area contributed by atoms with Crippen LogP contribution in [0.1, 0.15) is 28.7 Å². The molecule has 6 heteroatoms. The molecule has 0 saturated heterocycles. The Labute approximate surface area is 119 Å². The first kappa shape index (κ1) is 14.6. The SMILES string of the molecule is CCCNC(=O)c1sc(-c2c(F)cccc2F)nc1C. The summed E-state index contributed by atoms with van der Waals surface area (Å²) in [6.07, 6.45) is 0.818. The molecule has 0 aliphatic heterocycles. The zero-order valence-corrected chi connectivity index (χ0v) is 12.0. The fourth-order valence-corrected chi connectivity index (χ4v) is 2.77. The molecule has 1 aromatic carbocycles. The number of aryl methyl sites for hydroxylation is 1. The van der Waals surface area contributed by atoms with Gasteiger partial charge in [0.05, 0.1) is 11.3 Å². The van der Waals surface area contributed by atoms with Crippen LogP contribution in [-0.4, -0.2) is 17.4 Å². The van der Waals surface area contributed by atoms with Crippen LogP contribution in [0.2, 0.25) is 0 Å². The van der Waals surface area contributed by atoms with Gasteiger partial charge < -0.3 is 5.32 Å². The van der Waals surface area contributed by atoms with Crippen molar-refractivity contribution < 1.29 is 13.6 Å². The molecule has 0 unspecified atom stereocenters. The minimum Gasteiger partial charge on any atom is -0.351 e. The van der Waals surface area contributed by atoms with Gasteiger partial charge in [-0.25, -0.2) is 13.8 Å². The minimum atomic E-state index is -0.681. The molecule has 0 atom stereocenters. The molecule has 106 valence electrons. The second kappa shape index (κ2) is 6.09. The molecule has 1 heterocycles. The predicted molar refractivity (Wildman–Crippen MR) is 74.8 cm³/mol. The van der Waals surface area contributed by atoms with Crippen molar-refractivity contribution >= 4 is 17.2 Å². The van der Waals surface area contributed by atoms with Crippen LogP contribution in [0.3, 0.4) is 0 Å². The summed E-state index contributed by atoms with van der Waals surface area (Å²) in [4.78, 5) is 16.4. The van der Waals surface area contributed by atoms with Gasteiger partial charge in [0, 0.05) is 6.54 Å². The quantitative estimate of drug-likeness (QED) is 0.937. The fourth-order valence-electron chi connectivity index (χ4n) is 1.73. The molecule has 0 aliphatic rings. The number of thiazole rings is 1. The van der Waals surface area contributed by atoms with E-state index in [1.807, 2.05) is 6.92 Å². The van der Waals surface area contributed by atoms with Crippen LogP contribution in [0.5, 0.6) is 0 Å². The van der Waals surface area contributed by atoms with Crippen LogP contribution in [0.15, 0.2) is 18.2 Å². The zero-order chi connectivity index (χ0) is 14.7. The van der Waals surface area contributed by atoms with E-state index >= 15 is 0 Å². The van der Waals surface area contributed by atoms with Gasteiger partial charge in [0.2, 0.25) is 0 Å². The molecule has 1 N–H and O–H groups in total. The topological polar surface area (TPSA) is 42.0 Å². The van der Waals surface area contributed by atoms with Crippen LogP contribution in [0.4, 0.5) is 8.78 Å². The van der Waals surface area contributed by atoms with Gasteiger partial charge in [-0.15, -0.1) is 11.3 Å². The molecule has 20 heavy (non-hydrogen) atoms. The minimum absolute atomic E-state index is 0.180. The van der Waals surface area contributed by atoms with Gasteiger partial charge in [0.1, 0.15) is 21.5 Å². The van der Waals surface area contributed by atoms with Crippen LogP contribution in [0, 0.1) is 18.6 Å². The molecule has 0 spiro atoms. The maximum Gasteiger partial charge on any atom is 0.263 e. The third-order valence-electron chi connectivity index (χ3n) is 2.72. The Morgan fingerprint density at radius 2 is 2.00 bits per heavy atom. The number of carbonyl (C=O) groups is 1. The number of amides is 1. The van der Waals surface area contributed by atoms with Crippen LogP contribution >= 0.6 is 11.3 Å². The van der Waals surface area contributed by atoms with Gasteiger partial charge in [-0.05, 0) is 25.5 Å². The van der Waals surface area contributed by atoms with Crippen molar-refractivity contribution in [1.29, 1.82) is 0 Å². The summed E-state index contributed by atoms with van der Waals surface area (Å²) in [6.45, 7) is 4.15. The van der Waals surface area contributed by atoms with E-state index in [4.69, 9.17) is 0 Å². The maximum atomic E-state index is 13.7. The Morgan fingerprint density at radius 3 is 2.60 bits per heavy atom. The first-order valence-corrected chi connectivity index (χ1v) is 7.06. The highest BCUT2D eigenvalue weighted by Gasteiger charge is 2.20. The maximum absolute atomic E-state index is 13.7. The number of carbonyl (C=O) groups excluding carboxylic acids is 1. The third-order valence-corrected chi connectivity index (χ3v) is 3.89. The van der Waals surface area contributed by atoms with Gasteiger partial charge in [-0.3, -0.25) is 4.79 Å². The van der Waals surface area contributed by atoms with E-state index < -0.39 is 11.6 Å². The zero-order valence-electron chi connectivity index (χ0n) is 11.2. The standard InChI is InChI=1S/C14H14F2N2OS/c1-3-7-17-13(19)12-8(2)18-14(20-12)11-9(15)5-4-6-10(11)16/h4-6H,3,7H2,1-2H3,(H,17,19). The molecule has 0 saturated carbocycles. The molecule has 0 bridgehead atoms. The summed E-state index contributed by atoms with van der Waals surface area (Å²) in [7, 11) is 0. The van der Waals surface area contributed by atoms with Gasteiger partial charge in [-0.1, -0.05) is 13.0 Å². The van der Waals surface area contributed by atoms with Gasteiger partial charge >= 0.3 is 0 Å². The van der Waals surface area contributed by atoms with Crippen molar-refractivity contribution in [3.63, 3.8) is 0 Å². The number of rotatable bonds is 4. The molecular formula is C14H14F2N2OS. The molecule has 0 fully saturated rings. The lowest BCUT2D eigenvalue weighted by Crippen LogP contribution is -2.23. The predicted octanol–water partition coefficient (Wildman–Crippen LogP) is 3.54. The van der Waals surface area contributed by atoms with Crippen molar-refractivity contribution in [3.05, 3.63) is 40.4 Å². The molecule has 1 amide bonds. The Hall–Kier alpha value is -1.82. The average Bonchev–Trinajstić information content (AvgIpc) is 2.77. The second-order valence-electron chi connectivity index (χ2n) is 4.29. The van der Waals surface area contributed by atoms with E-state index in [1.54, 1.807) is 6.92 Å².